The maximum atomic E-state index is 11.1. The predicted octanol–water partition coefficient (Wildman–Crippen LogP) is 1.57. The first-order chi connectivity index (χ1) is 8.65. The molecular weight excluding hydrogens is 230 g/mol. The minimum atomic E-state index is -0.446. The standard InChI is InChI=1S/C14H17NO3/c1-11(12-5-3-2-4-6-12)7-8-15-9-13(16)18-14(17)10-15/h2-6,11H,7-10H2,1H3. The highest BCUT2D eigenvalue weighted by Crippen LogP contribution is 2.19. The van der Waals surface area contributed by atoms with Crippen LogP contribution in [-0.2, 0) is 14.3 Å². The van der Waals surface area contributed by atoms with E-state index in [1.807, 2.05) is 23.1 Å². The minimum absolute atomic E-state index is 0.216. The number of rotatable bonds is 4. The van der Waals surface area contributed by atoms with Crippen molar-refractivity contribution in [2.45, 2.75) is 19.3 Å². The number of cyclic esters (lactones) is 2. The zero-order chi connectivity index (χ0) is 13.0. The van der Waals surface area contributed by atoms with Gasteiger partial charge in [0.2, 0.25) is 0 Å². The SMILES string of the molecule is CC(CCN1CC(=O)OC(=O)C1)c1ccccc1. The highest BCUT2D eigenvalue weighted by atomic mass is 16.6. The maximum absolute atomic E-state index is 11.1. The van der Waals surface area contributed by atoms with Gasteiger partial charge in [-0.15, -0.1) is 0 Å². The molecule has 1 aromatic rings. The van der Waals surface area contributed by atoms with E-state index >= 15 is 0 Å². The molecule has 18 heavy (non-hydrogen) atoms. The van der Waals surface area contributed by atoms with Crippen molar-refractivity contribution in [1.82, 2.24) is 4.90 Å². The van der Waals surface area contributed by atoms with Crippen LogP contribution in [0.4, 0.5) is 0 Å². The zero-order valence-electron chi connectivity index (χ0n) is 10.5. The lowest BCUT2D eigenvalue weighted by molar-refractivity contribution is -0.166. The normalized spacial score (nSPS) is 18.5. The molecule has 1 atom stereocenters. The minimum Gasteiger partial charge on any atom is -0.391 e. The zero-order valence-corrected chi connectivity index (χ0v) is 10.5. The molecule has 96 valence electrons. The van der Waals surface area contributed by atoms with Crippen LogP contribution in [0.5, 0.6) is 0 Å². The lowest BCUT2D eigenvalue weighted by Gasteiger charge is -2.25. The molecular formula is C14H17NO3. The predicted molar refractivity (Wildman–Crippen MR) is 67.0 cm³/mol. The summed E-state index contributed by atoms with van der Waals surface area (Å²) in [5.74, 6) is -0.475. The van der Waals surface area contributed by atoms with E-state index in [0.717, 1.165) is 13.0 Å². The second-order valence-electron chi connectivity index (χ2n) is 4.66. The number of benzene rings is 1. The van der Waals surface area contributed by atoms with Crippen LogP contribution in [0.2, 0.25) is 0 Å². The van der Waals surface area contributed by atoms with Gasteiger partial charge in [0.25, 0.3) is 0 Å². The molecule has 0 spiro atoms. The van der Waals surface area contributed by atoms with Crippen molar-refractivity contribution in [3.8, 4) is 0 Å². The summed E-state index contributed by atoms with van der Waals surface area (Å²) in [6.45, 7) is 3.32. The number of hydrogen-bond donors (Lipinski definition) is 0. The first kappa shape index (κ1) is 12.8. The number of nitrogens with zero attached hydrogens (tertiary/aromatic N) is 1. The Kier molecular flexibility index (Phi) is 4.10. The monoisotopic (exact) mass is 247 g/mol. The van der Waals surface area contributed by atoms with Crippen LogP contribution in [0, 0.1) is 0 Å². The van der Waals surface area contributed by atoms with Crippen LogP contribution in [0.3, 0.4) is 0 Å². The Labute approximate surface area is 107 Å². The molecule has 0 aliphatic carbocycles. The molecule has 1 unspecified atom stereocenters. The molecule has 0 aromatic heterocycles. The fourth-order valence-corrected chi connectivity index (χ4v) is 2.10. The van der Waals surface area contributed by atoms with E-state index in [1.165, 1.54) is 5.56 Å². The van der Waals surface area contributed by atoms with Crippen molar-refractivity contribution < 1.29 is 14.3 Å². The Hall–Kier alpha value is -1.68. The second-order valence-corrected chi connectivity index (χ2v) is 4.66. The van der Waals surface area contributed by atoms with Gasteiger partial charge in [0.05, 0.1) is 13.1 Å². The third-order valence-electron chi connectivity index (χ3n) is 3.18. The third kappa shape index (κ3) is 3.40. The Morgan fingerprint density at radius 1 is 1.17 bits per heavy atom. The molecule has 1 saturated heterocycles. The van der Waals surface area contributed by atoms with Crippen molar-refractivity contribution in [2.24, 2.45) is 0 Å². The number of carbonyl (C=O) groups excluding carboxylic acids is 2. The maximum Gasteiger partial charge on any atom is 0.327 e. The quantitative estimate of drug-likeness (QED) is 0.598. The van der Waals surface area contributed by atoms with E-state index in [4.69, 9.17) is 0 Å². The molecule has 1 aliphatic heterocycles. The van der Waals surface area contributed by atoms with Crippen molar-refractivity contribution in [2.75, 3.05) is 19.6 Å². The van der Waals surface area contributed by atoms with Gasteiger partial charge in [0.1, 0.15) is 0 Å². The van der Waals surface area contributed by atoms with Gasteiger partial charge in [-0.25, -0.2) is 0 Å². The average molecular weight is 247 g/mol. The Bertz CT molecular complexity index is 414. The van der Waals surface area contributed by atoms with E-state index in [9.17, 15) is 9.59 Å². The molecule has 1 fully saturated rings. The van der Waals surface area contributed by atoms with Gasteiger partial charge in [-0.05, 0) is 24.4 Å². The smallest absolute Gasteiger partial charge is 0.327 e. The van der Waals surface area contributed by atoms with Crippen LogP contribution >= 0.6 is 0 Å². The Morgan fingerprint density at radius 3 is 2.39 bits per heavy atom. The van der Waals surface area contributed by atoms with Crippen molar-refractivity contribution >= 4 is 11.9 Å². The van der Waals surface area contributed by atoms with Crippen LogP contribution < -0.4 is 0 Å². The summed E-state index contributed by atoms with van der Waals surface area (Å²) in [4.78, 5) is 24.1. The van der Waals surface area contributed by atoms with Gasteiger partial charge >= 0.3 is 11.9 Å². The van der Waals surface area contributed by atoms with Crippen LogP contribution in [0.25, 0.3) is 0 Å². The first-order valence-electron chi connectivity index (χ1n) is 6.16. The molecule has 4 heteroatoms. The van der Waals surface area contributed by atoms with Crippen molar-refractivity contribution in [1.29, 1.82) is 0 Å². The van der Waals surface area contributed by atoms with Crippen LogP contribution in [0.1, 0.15) is 24.8 Å². The Morgan fingerprint density at radius 2 is 1.78 bits per heavy atom. The summed E-state index contributed by atoms with van der Waals surface area (Å²) in [5, 5.41) is 0. The molecule has 1 heterocycles. The number of hydrogen-bond acceptors (Lipinski definition) is 4. The fraction of sp³-hybridized carbons (Fsp3) is 0.429. The topological polar surface area (TPSA) is 46.6 Å². The molecule has 1 aliphatic rings. The van der Waals surface area contributed by atoms with E-state index in [-0.39, 0.29) is 13.1 Å². The first-order valence-corrected chi connectivity index (χ1v) is 6.16. The summed E-state index contributed by atoms with van der Waals surface area (Å²) in [5.41, 5.74) is 1.28. The highest BCUT2D eigenvalue weighted by Gasteiger charge is 2.24. The molecule has 0 N–H and O–H groups in total. The summed E-state index contributed by atoms with van der Waals surface area (Å²) in [7, 11) is 0. The van der Waals surface area contributed by atoms with E-state index < -0.39 is 11.9 Å². The molecule has 4 nitrogen and oxygen atoms in total. The molecule has 2 rings (SSSR count). The molecule has 0 saturated carbocycles. The third-order valence-corrected chi connectivity index (χ3v) is 3.18. The highest BCUT2D eigenvalue weighted by molar-refractivity contribution is 5.90. The number of esters is 2. The lowest BCUT2D eigenvalue weighted by Crippen LogP contribution is -2.43. The number of morpholine rings is 1. The molecule has 0 bridgehead atoms. The van der Waals surface area contributed by atoms with Gasteiger partial charge in [0, 0.05) is 0 Å². The second kappa shape index (κ2) is 5.78. The van der Waals surface area contributed by atoms with Crippen molar-refractivity contribution in [3.63, 3.8) is 0 Å². The van der Waals surface area contributed by atoms with Gasteiger partial charge in [-0.1, -0.05) is 37.3 Å². The van der Waals surface area contributed by atoms with Gasteiger partial charge in [0.15, 0.2) is 0 Å². The van der Waals surface area contributed by atoms with E-state index in [1.54, 1.807) is 0 Å². The van der Waals surface area contributed by atoms with Gasteiger partial charge < -0.3 is 4.74 Å². The average Bonchev–Trinajstić information content (AvgIpc) is 2.36. The van der Waals surface area contributed by atoms with Gasteiger partial charge in [-0.3, -0.25) is 14.5 Å². The van der Waals surface area contributed by atoms with Gasteiger partial charge in [-0.2, -0.15) is 0 Å². The molecule has 0 amide bonds. The van der Waals surface area contributed by atoms with Crippen molar-refractivity contribution in [3.05, 3.63) is 35.9 Å². The Balaban J connectivity index is 1.84. The molecule has 1 aromatic carbocycles. The number of carbonyl (C=O) groups is 2. The lowest BCUT2D eigenvalue weighted by atomic mass is 9.98. The van der Waals surface area contributed by atoms with E-state index in [2.05, 4.69) is 23.8 Å². The fourth-order valence-electron chi connectivity index (χ4n) is 2.10. The summed E-state index contributed by atoms with van der Waals surface area (Å²) in [6, 6.07) is 10.2. The summed E-state index contributed by atoms with van der Waals surface area (Å²) < 4.78 is 4.49. The van der Waals surface area contributed by atoms with Crippen LogP contribution in [-0.4, -0.2) is 36.5 Å². The summed E-state index contributed by atoms with van der Waals surface area (Å²) in [6.07, 6.45) is 0.921. The number of ether oxygens (including phenoxy) is 1. The largest absolute Gasteiger partial charge is 0.391 e. The summed E-state index contributed by atoms with van der Waals surface area (Å²) >= 11 is 0. The van der Waals surface area contributed by atoms with E-state index in [0.29, 0.717) is 5.92 Å². The molecule has 0 radical (unpaired) electrons. The van der Waals surface area contributed by atoms with Crippen LogP contribution in [0.15, 0.2) is 30.3 Å².